The van der Waals surface area contributed by atoms with E-state index in [9.17, 15) is 22.8 Å². The fourth-order valence-electron chi connectivity index (χ4n) is 2.37. The molecule has 0 radical (unpaired) electrons. The maximum absolute atomic E-state index is 12.4. The molecule has 2 rings (SSSR count). The zero-order valence-electron chi connectivity index (χ0n) is 12.2. The zero-order chi connectivity index (χ0) is 17.2. The van der Waals surface area contributed by atoms with Crippen molar-refractivity contribution >= 4 is 34.8 Å². The maximum atomic E-state index is 12.4. The summed E-state index contributed by atoms with van der Waals surface area (Å²) in [6.07, 6.45) is -4.19. The van der Waals surface area contributed by atoms with Gasteiger partial charge in [0, 0.05) is 18.5 Å². The third-order valence-corrected chi connectivity index (χ3v) is 3.52. The van der Waals surface area contributed by atoms with Gasteiger partial charge in [0.2, 0.25) is 11.8 Å². The Morgan fingerprint density at radius 3 is 2.70 bits per heavy atom. The maximum Gasteiger partial charge on any atom is 0.406 e. The number of nitrogens with zero attached hydrogens (tertiary/aromatic N) is 1. The lowest BCUT2D eigenvalue weighted by molar-refractivity contribution is -0.157. The molecule has 2 N–H and O–H groups in total. The van der Waals surface area contributed by atoms with Crippen LogP contribution in [0.5, 0.6) is 0 Å². The van der Waals surface area contributed by atoms with E-state index in [4.69, 9.17) is 11.6 Å². The smallest absolute Gasteiger partial charge is 0.372 e. The Bertz CT molecular complexity index is 622. The van der Waals surface area contributed by atoms with Gasteiger partial charge < -0.3 is 15.5 Å². The number of alkyl halides is 3. The number of carbonyl (C=O) groups is 2. The Hall–Kier alpha value is -1.96. The second-order valence-electron chi connectivity index (χ2n) is 5.23. The molecule has 1 aromatic rings. The van der Waals surface area contributed by atoms with Gasteiger partial charge in [0.1, 0.15) is 12.6 Å². The van der Waals surface area contributed by atoms with Crippen molar-refractivity contribution in [3.63, 3.8) is 0 Å². The van der Waals surface area contributed by atoms with Crippen molar-refractivity contribution in [2.45, 2.75) is 25.6 Å². The van der Waals surface area contributed by atoms with E-state index in [0.717, 1.165) is 4.90 Å². The van der Waals surface area contributed by atoms with Crippen LogP contribution in [0, 0.1) is 0 Å². The first-order valence-electron chi connectivity index (χ1n) is 6.85. The molecule has 0 bridgehead atoms. The number of likely N-dealkylation sites (tertiary alicyclic amines) is 1. The van der Waals surface area contributed by atoms with Gasteiger partial charge in [-0.25, -0.2) is 0 Å². The van der Waals surface area contributed by atoms with E-state index in [-0.39, 0.29) is 18.9 Å². The highest BCUT2D eigenvalue weighted by Gasteiger charge is 2.39. The molecule has 1 aromatic carbocycles. The van der Waals surface area contributed by atoms with Crippen molar-refractivity contribution in [3.05, 3.63) is 23.2 Å². The van der Waals surface area contributed by atoms with E-state index in [1.807, 2.05) is 0 Å². The molecule has 0 aromatic heterocycles. The number of hydrogen-bond acceptors (Lipinski definition) is 3. The molecule has 126 valence electrons. The molecule has 23 heavy (non-hydrogen) atoms. The average Bonchev–Trinajstić information content (AvgIpc) is 2.72. The van der Waals surface area contributed by atoms with E-state index < -0.39 is 24.7 Å². The van der Waals surface area contributed by atoms with Crippen LogP contribution in [0.25, 0.3) is 0 Å². The molecular formula is C14H15ClF3N3O2. The predicted molar refractivity (Wildman–Crippen MR) is 80.4 cm³/mol. The van der Waals surface area contributed by atoms with Gasteiger partial charge in [-0.1, -0.05) is 11.6 Å². The van der Waals surface area contributed by atoms with Crippen molar-refractivity contribution < 1.29 is 22.8 Å². The van der Waals surface area contributed by atoms with Crippen LogP contribution in [0.15, 0.2) is 18.2 Å². The molecule has 2 amide bonds. The Balaban J connectivity index is 2.12. The highest BCUT2D eigenvalue weighted by Crippen LogP contribution is 2.29. The molecule has 5 nitrogen and oxygen atoms in total. The van der Waals surface area contributed by atoms with Gasteiger partial charge in [-0.15, -0.1) is 0 Å². The van der Waals surface area contributed by atoms with Crippen LogP contribution in [0.4, 0.5) is 24.5 Å². The van der Waals surface area contributed by atoms with Gasteiger partial charge in [-0.2, -0.15) is 13.2 Å². The van der Waals surface area contributed by atoms with Crippen molar-refractivity contribution in [2.24, 2.45) is 0 Å². The predicted octanol–water partition coefficient (Wildman–Crippen LogP) is 2.87. The molecule has 1 fully saturated rings. The first-order chi connectivity index (χ1) is 10.7. The molecular weight excluding hydrogens is 335 g/mol. The standard InChI is InChI=1S/C14H15ClF3N3O2/c1-8(22)19-10-3-2-9(15)6-12(10)20-11-4-5-21(13(11)23)7-14(16,17)18/h2-3,6,11,20H,4-5,7H2,1H3,(H,19,22). The Kier molecular flexibility index (Phi) is 5.03. The lowest BCUT2D eigenvalue weighted by Crippen LogP contribution is -2.39. The van der Waals surface area contributed by atoms with E-state index in [0.29, 0.717) is 16.4 Å². The summed E-state index contributed by atoms with van der Waals surface area (Å²) in [7, 11) is 0. The molecule has 1 aliphatic rings. The number of nitrogens with one attached hydrogen (secondary N) is 2. The Labute approximate surface area is 135 Å². The summed E-state index contributed by atoms with van der Waals surface area (Å²) in [4.78, 5) is 24.0. The summed E-state index contributed by atoms with van der Waals surface area (Å²) in [5, 5.41) is 5.81. The number of benzene rings is 1. The van der Waals surface area contributed by atoms with Gasteiger partial charge in [0.25, 0.3) is 0 Å². The molecule has 1 atom stereocenters. The van der Waals surface area contributed by atoms with Crippen molar-refractivity contribution in [1.82, 2.24) is 4.90 Å². The lowest BCUT2D eigenvalue weighted by Gasteiger charge is -2.20. The molecule has 1 heterocycles. The largest absolute Gasteiger partial charge is 0.406 e. The van der Waals surface area contributed by atoms with Crippen LogP contribution in [-0.4, -0.2) is 42.0 Å². The molecule has 1 aliphatic heterocycles. The third-order valence-electron chi connectivity index (χ3n) is 3.29. The number of carbonyl (C=O) groups excluding carboxylic acids is 2. The molecule has 9 heteroatoms. The van der Waals surface area contributed by atoms with Gasteiger partial charge >= 0.3 is 6.18 Å². The van der Waals surface area contributed by atoms with Gasteiger partial charge in [0.05, 0.1) is 11.4 Å². The van der Waals surface area contributed by atoms with Crippen LogP contribution in [0.2, 0.25) is 5.02 Å². The SMILES string of the molecule is CC(=O)Nc1ccc(Cl)cc1NC1CCN(CC(F)(F)F)C1=O. The molecule has 0 aliphatic carbocycles. The highest BCUT2D eigenvalue weighted by molar-refractivity contribution is 6.31. The lowest BCUT2D eigenvalue weighted by atomic mass is 10.2. The van der Waals surface area contributed by atoms with Crippen LogP contribution >= 0.6 is 11.6 Å². The highest BCUT2D eigenvalue weighted by atomic mass is 35.5. The second-order valence-corrected chi connectivity index (χ2v) is 5.67. The van der Waals surface area contributed by atoms with Crippen molar-refractivity contribution in [2.75, 3.05) is 23.7 Å². The monoisotopic (exact) mass is 349 g/mol. The van der Waals surface area contributed by atoms with Gasteiger partial charge in [-0.05, 0) is 24.6 Å². The number of hydrogen-bond donors (Lipinski definition) is 2. The molecule has 0 saturated carbocycles. The normalized spacial score (nSPS) is 18.2. The van der Waals surface area contributed by atoms with Gasteiger partial charge in [-0.3, -0.25) is 9.59 Å². The third kappa shape index (κ3) is 4.75. The minimum absolute atomic E-state index is 0.0199. The van der Waals surface area contributed by atoms with E-state index in [2.05, 4.69) is 10.6 Å². The number of rotatable bonds is 4. The summed E-state index contributed by atoms with van der Waals surface area (Å²) in [6.45, 7) is 0.0777. The molecule has 0 spiro atoms. The molecule has 1 saturated heterocycles. The van der Waals surface area contributed by atoms with Gasteiger partial charge in [0.15, 0.2) is 0 Å². The van der Waals surface area contributed by atoms with Crippen LogP contribution < -0.4 is 10.6 Å². The fraction of sp³-hybridized carbons (Fsp3) is 0.429. The Morgan fingerprint density at radius 1 is 1.39 bits per heavy atom. The number of amides is 2. The number of halogens is 4. The van der Waals surface area contributed by atoms with E-state index in [1.165, 1.54) is 13.0 Å². The zero-order valence-corrected chi connectivity index (χ0v) is 13.0. The van der Waals surface area contributed by atoms with E-state index in [1.54, 1.807) is 12.1 Å². The minimum atomic E-state index is -4.43. The summed E-state index contributed by atoms with van der Waals surface area (Å²) in [6, 6.07) is 3.83. The van der Waals surface area contributed by atoms with Crippen LogP contribution in [0.1, 0.15) is 13.3 Å². The first-order valence-corrected chi connectivity index (χ1v) is 7.23. The second kappa shape index (κ2) is 6.66. The van der Waals surface area contributed by atoms with Crippen LogP contribution in [-0.2, 0) is 9.59 Å². The fourth-order valence-corrected chi connectivity index (χ4v) is 2.54. The Morgan fingerprint density at radius 2 is 2.09 bits per heavy atom. The summed E-state index contributed by atoms with van der Waals surface area (Å²) in [5.41, 5.74) is 0.795. The molecule has 1 unspecified atom stereocenters. The average molecular weight is 350 g/mol. The summed E-state index contributed by atoms with van der Waals surface area (Å²) in [5.74, 6) is -0.942. The van der Waals surface area contributed by atoms with Crippen molar-refractivity contribution in [3.8, 4) is 0 Å². The first kappa shape index (κ1) is 17.4. The van der Waals surface area contributed by atoms with Crippen molar-refractivity contribution in [1.29, 1.82) is 0 Å². The summed E-state index contributed by atoms with van der Waals surface area (Å²) >= 11 is 5.89. The summed E-state index contributed by atoms with van der Waals surface area (Å²) < 4.78 is 37.2. The van der Waals surface area contributed by atoms with E-state index >= 15 is 0 Å². The van der Waals surface area contributed by atoms with Crippen LogP contribution in [0.3, 0.4) is 0 Å². The number of anilines is 2. The minimum Gasteiger partial charge on any atom is -0.372 e. The topological polar surface area (TPSA) is 61.4 Å². The quantitative estimate of drug-likeness (QED) is 0.878.